The van der Waals surface area contributed by atoms with E-state index in [1.54, 1.807) is 18.1 Å². The van der Waals surface area contributed by atoms with Gasteiger partial charge in [0.1, 0.15) is 17.3 Å². The molecule has 0 radical (unpaired) electrons. The first kappa shape index (κ1) is 20.3. The van der Waals surface area contributed by atoms with Gasteiger partial charge in [-0.2, -0.15) is 0 Å². The summed E-state index contributed by atoms with van der Waals surface area (Å²) in [5.74, 6) is 0.576. The van der Waals surface area contributed by atoms with E-state index in [4.69, 9.17) is 4.74 Å². The topological polar surface area (TPSA) is 58.6 Å². The molecule has 0 bridgehead atoms. The minimum atomic E-state index is -0.346. The normalized spacial score (nSPS) is 17.3. The molecule has 28 heavy (non-hydrogen) atoms. The van der Waals surface area contributed by atoms with Crippen LogP contribution in [0.3, 0.4) is 0 Å². The van der Waals surface area contributed by atoms with Crippen LogP contribution < -0.4 is 4.90 Å². The number of hydrogen-bond donors (Lipinski definition) is 0. The second kappa shape index (κ2) is 8.31. The lowest BCUT2D eigenvalue weighted by Gasteiger charge is -2.40. The zero-order chi connectivity index (χ0) is 20.3. The van der Waals surface area contributed by atoms with Crippen molar-refractivity contribution in [3.63, 3.8) is 0 Å². The second-order valence-corrected chi connectivity index (χ2v) is 8.78. The number of likely N-dealkylation sites (tertiary alicyclic amines) is 1. The van der Waals surface area contributed by atoms with Crippen molar-refractivity contribution in [1.82, 2.24) is 14.9 Å². The largest absolute Gasteiger partial charge is 0.474 e. The van der Waals surface area contributed by atoms with Crippen molar-refractivity contribution in [1.29, 1.82) is 0 Å². The first-order chi connectivity index (χ1) is 13.3. The molecule has 0 N–H and O–H groups in total. The molecule has 2 aromatic rings. The summed E-state index contributed by atoms with van der Waals surface area (Å²) in [5.41, 5.74) is 1.24. The summed E-state index contributed by atoms with van der Waals surface area (Å²) in [6, 6.07) is 5.43. The second-order valence-electron chi connectivity index (χ2n) is 7.94. The molecular formula is C21H28N4O2S. The molecule has 150 valence electrons. The third kappa shape index (κ3) is 4.70. The monoisotopic (exact) mass is 400 g/mol. The number of carbonyl (C=O) groups excluding carboxylic acids is 1. The third-order valence-electron chi connectivity index (χ3n) is 4.57. The fourth-order valence-corrected chi connectivity index (χ4v) is 4.06. The number of pyridine rings is 1. The maximum absolute atomic E-state index is 13.3. The van der Waals surface area contributed by atoms with Crippen LogP contribution in [0.25, 0.3) is 11.4 Å². The van der Waals surface area contributed by atoms with Crippen LogP contribution in [0, 0.1) is 0 Å². The molecule has 0 aliphatic carbocycles. The maximum Gasteiger partial charge on any atom is 0.251 e. The molecular weight excluding hydrogens is 372 g/mol. The van der Waals surface area contributed by atoms with Gasteiger partial charge in [0.05, 0.1) is 5.69 Å². The number of thiazole rings is 1. The minimum Gasteiger partial charge on any atom is -0.474 e. The zero-order valence-corrected chi connectivity index (χ0v) is 17.8. The molecule has 3 heterocycles. The number of rotatable bonds is 5. The van der Waals surface area contributed by atoms with Crippen molar-refractivity contribution in [3.8, 4) is 11.4 Å². The van der Waals surface area contributed by atoms with Crippen molar-refractivity contribution >= 4 is 22.4 Å². The van der Waals surface area contributed by atoms with Crippen LogP contribution >= 0.6 is 11.3 Å². The Morgan fingerprint density at radius 1 is 1.32 bits per heavy atom. The first-order valence-electron chi connectivity index (χ1n) is 9.55. The van der Waals surface area contributed by atoms with Gasteiger partial charge in [0, 0.05) is 25.2 Å². The van der Waals surface area contributed by atoms with Gasteiger partial charge in [-0.1, -0.05) is 6.07 Å². The number of hydrogen-bond acceptors (Lipinski definition) is 6. The Balaban J connectivity index is 1.76. The highest BCUT2D eigenvalue weighted by atomic mass is 32.1. The summed E-state index contributed by atoms with van der Waals surface area (Å²) in [5, 5.41) is 2.60. The number of amides is 1. The van der Waals surface area contributed by atoms with Gasteiger partial charge in [0.15, 0.2) is 11.0 Å². The third-order valence-corrected chi connectivity index (χ3v) is 5.49. The van der Waals surface area contributed by atoms with Crippen molar-refractivity contribution in [2.45, 2.75) is 51.7 Å². The van der Waals surface area contributed by atoms with E-state index in [1.807, 2.05) is 49.3 Å². The van der Waals surface area contributed by atoms with Gasteiger partial charge in [0.25, 0.3) is 5.91 Å². The van der Waals surface area contributed by atoms with E-state index in [-0.39, 0.29) is 17.6 Å². The summed E-state index contributed by atoms with van der Waals surface area (Å²) in [6.45, 7) is 10.8. The highest BCUT2D eigenvalue weighted by Gasteiger charge is 2.34. The van der Waals surface area contributed by atoms with Gasteiger partial charge in [-0.3, -0.25) is 14.7 Å². The van der Waals surface area contributed by atoms with Crippen molar-refractivity contribution in [3.05, 3.63) is 42.2 Å². The molecule has 1 fully saturated rings. The lowest BCUT2D eigenvalue weighted by molar-refractivity contribution is -0.126. The van der Waals surface area contributed by atoms with E-state index >= 15 is 0 Å². The van der Waals surface area contributed by atoms with E-state index in [2.05, 4.69) is 16.5 Å². The summed E-state index contributed by atoms with van der Waals surface area (Å²) < 4.78 is 5.94. The summed E-state index contributed by atoms with van der Waals surface area (Å²) in [7, 11) is 1.78. The molecule has 1 aliphatic rings. The van der Waals surface area contributed by atoms with E-state index in [0.717, 1.165) is 37.2 Å². The van der Waals surface area contributed by atoms with E-state index in [0.29, 0.717) is 11.0 Å². The van der Waals surface area contributed by atoms with E-state index in [1.165, 1.54) is 11.3 Å². The molecule has 6 nitrogen and oxygen atoms in total. The Labute approximate surface area is 170 Å². The number of piperidine rings is 1. The fraction of sp³-hybridized carbons (Fsp3) is 0.476. The number of ether oxygens (including phenoxy) is 1. The van der Waals surface area contributed by atoms with Gasteiger partial charge >= 0.3 is 0 Å². The van der Waals surface area contributed by atoms with Crippen LogP contribution in [0.5, 0.6) is 0 Å². The first-order valence-corrected chi connectivity index (χ1v) is 10.4. The number of carbonyl (C=O) groups is 1. The van der Waals surface area contributed by atoms with E-state index < -0.39 is 0 Å². The average Bonchev–Trinajstić information content (AvgIpc) is 3.16. The van der Waals surface area contributed by atoms with Gasteiger partial charge < -0.3 is 9.64 Å². The molecule has 0 aromatic carbocycles. The van der Waals surface area contributed by atoms with Crippen molar-refractivity contribution < 1.29 is 9.53 Å². The van der Waals surface area contributed by atoms with Crippen LogP contribution in [-0.2, 0) is 9.53 Å². The smallest absolute Gasteiger partial charge is 0.251 e. The molecule has 0 unspecified atom stereocenters. The molecule has 1 saturated heterocycles. The molecule has 2 aromatic heterocycles. The molecule has 1 atom stereocenters. The summed E-state index contributed by atoms with van der Waals surface area (Å²) in [6.07, 6.45) is 4.57. The van der Waals surface area contributed by atoms with Crippen LogP contribution in [0.1, 0.15) is 40.0 Å². The van der Waals surface area contributed by atoms with Crippen LogP contribution in [0.2, 0.25) is 0 Å². The lowest BCUT2D eigenvalue weighted by Crippen LogP contribution is -2.50. The molecule has 1 amide bonds. The van der Waals surface area contributed by atoms with Crippen LogP contribution in [-0.4, -0.2) is 46.0 Å². The molecule has 3 rings (SSSR count). The number of likely N-dealkylation sites (N-methyl/N-ethyl adjacent to an activating group) is 1. The SMILES string of the molecule is C=C(OC(C)(C)C)N1CCCC[C@H]1C(=O)N(C)c1nc(-c2ccccn2)cs1. The quantitative estimate of drug-likeness (QED) is 0.700. The Hall–Kier alpha value is -2.41. The molecule has 0 spiro atoms. The van der Waals surface area contributed by atoms with Crippen LogP contribution in [0.15, 0.2) is 42.2 Å². The fourth-order valence-electron chi connectivity index (χ4n) is 3.27. The summed E-state index contributed by atoms with van der Waals surface area (Å²) in [4.78, 5) is 25.9. The molecule has 1 aliphatic heterocycles. The standard InChI is InChI=1S/C21H28N4O2S/c1-15(27-21(2,3)4)25-13-9-7-11-18(25)19(26)24(5)20-23-17(14-28-20)16-10-6-8-12-22-16/h6,8,10,12,14,18H,1,7,9,11,13H2,2-5H3/t18-/m0/s1. The van der Waals surface area contributed by atoms with Gasteiger partial charge in [0.2, 0.25) is 0 Å². The van der Waals surface area contributed by atoms with Crippen molar-refractivity contribution in [2.24, 2.45) is 0 Å². The highest BCUT2D eigenvalue weighted by Crippen LogP contribution is 2.29. The molecule has 7 heteroatoms. The Morgan fingerprint density at radius 3 is 2.79 bits per heavy atom. The van der Waals surface area contributed by atoms with Gasteiger partial charge in [-0.25, -0.2) is 4.98 Å². The number of nitrogens with zero attached hydrogens (tertiary/aromatic N) is 4. The van der Waals surface area contributed by atoms with Gasteiger partial charge in [-0.15, -0.1) is 11.3 Å². The Kier molecular flexibility index (Phi) is 6.03. The lowest BCUT2D eigenvalue weighted by atomic mass is 10.0. The van der Waals surface area contributed by atoms with Gasteiger partial charge in [-0.05, 0) is 58.7 Å². The predicted octanol–water partition coefficient (Wildman–Crippen LogP) is 4.31. The zero-order valence-electron chi connectivity index (χ0n) is 17.0. The average molecular weight is 401 g/mol. The Bertz CT molecular complexity index is 828. The summed E-state index contributed by atoms with van der Waals surface area (Å²) >= 11 is 1.45. The Morgan fingerprint density at radius 2 is 2.11 bits per heavy atom. The highest BCUT2D eigenvalue weighted by molar-refractivity contribution is 7.14. The number of anilines is 1. The number of aromatic nitrogens is 2. The van der Waals surface area contributed by atoms with Crippen molar-refractivity contribution in [2.75, 3.05) is 18.5 Å². The van der Waals surface area contributed by atoms with Crippen LogP contribution in [0.4, 0.5) is 5.13 Å². The van der Waals surface area contributed by atoms with E-state index in [9.17, 15) is 4.79 Å². The molecule has 0 saturated carbocycles. The maximum atomic E-state index is 13.3. The minimum absolute atomic E-state index is 0.0141. The predicted molar refractivity (Wildman–Crippen MR) is 113 cm³/mol.